The van der Waals surface area contributed by atoms with E-state index < -0.39 is 0 Å². The summed E-state index contributed by atoms with van der Waals surface area (Å²) in [5, 5.41) is 6.92. The molecule has 0 bridgehead atoms. The number of methoxy groups -OCH3 is 3. The third-order valence-electron chi connectivity index (χ3n) is 5.38. The summed E-state index contributed by atoms with van der Waals surface area (Å²) in [6, 6.07) is 12.8. The smallest absolute Gasteiger partial charge is 0.191 e. The molecule has 0 amide bonds. The predicted molar refractivity (Wildman–Crippen MR) is 137 cm³/mol. The number of halogens is 1. The summed E-state index contributed by atoms with van der Waals surface area (Å²) in [4.78, 5) is 6.79. The van der Waals surface area contributed by atoms with Crippen LogP contribution in [0.4, 0.5) is 5.69 Å². The molecule has 1 unspecified atom stereocenters. The van der Waals surface area contributed by atoms with Gasteiger partial charge in [-0.15, -0.1) is 24.0 Å². The van der Waals surface area contributed by atoms with Crippen LogP contribution in [0.2, 0.25) is 0 Å². The fourth-order valence-electron chi connectivity index (χ4n) is 3.67. The van der Waals surface area contributed by atoms with Crippen molar-refractivity contribution in [2.45, 2.75) is 25.9 Å². The first-order chi connectivity index (χ1) is 14.6. The van der Waals surface area contributed by atoms with Gasteiger partial charge in [0, 0.05) is 50.0 Å². The van der Waals surface area contributed by atoms with E-state index >= 15 is 0 Å². The van der Waals surface area contributed by atoms with Crippen LogP contribution >= 0.6 is 24.0 Å². The number of anilines is 1. The molecule has 1 saturated heterocycles. The number of guanidine groups is 1. The van der Waals surface area contributed by atoms with Crippen LogP contribution in [0.1, 0.15) is 17.5 Å². The van der Waals surface area contributed by atoms with Gasteiger partial charge in [0.05, 0.1) is 21.3 Å². The average molecular weight is 540 g/mol. The molecular formula is C23H33IN4O3. The lowest BCUT2D eigenvalue weighted by molar-refractivity contribution is 0.347. The third kappa shape index (κ3) is 6.32. The van der Waals surface area contributed by atoms with Crippen LogP contribution in [0.5, 0.6) is 17.2 Å². The van der Waals surface area contributed by atoms with Crippen LogP contribution in [0.15, 0.2) is 41.4 Å². The van der Waals surface area contributed by atoms with E-state index in [2.05, 4.69) is 51.7 Å². The summed E-state index contributed by atoms with van der Waals surface area (Å²) in [5.74, 6) is 2.81. The molecule has 1 aliphatic rings. The van der Waals surface area contributed by atoms with Crippen LogP contribution in [0, 0.1) is 6.92 Å². The second-order valence-corrected chi connectivity index (χ2v) is 7.36. The normalized spacial score (nSPS) is 15.8. The fraction of sp³-hybridized carbons (Fsp3) is 0.435. The summed E-state index contributed by atoms with van der Waals surface area (Å²) in [7, 11) is 6.67. The molecule has 0 spiro atoms. The largest absolute Gasteiger partial charge is 0.496 e. The highest BCUT2D eigenvalue weighted by Gasteiger charge is 2.23. The van der Waals surface area contributed by atoms with Crippen LogP contribution in [0.3, 0.4) is 0 Å². The molecule has 0 radical (unpaired) electrons. The zero-order valence-corrected chi connectivity index (χ0v) is 21.2. The van der Waals surface area contributed by atoms with Gasteiger partial charge in [0.2, 0.25) is 0 Å². The van der Waals surface area contributed by atoms with Gasteiger partial charge >= 0.3 is 0 Å². The van der Waals surface area contributed by atoms with Gasteiger partial charge in [-0.2, -0.15) is 0 Å². The van der Waals surface area contributed by atoms with E-state index in [1.165, 1.54) is 11.3 Å². The first-order valence-corrected chi connectivity index (χ1v) is 10.2. The minimum absolute atomic E-state index is 0. The number of hydrogen-bond donors (Lipinski definition) is 2. The van der Waals surface area contributed by atoms with Crippen molar-refractivity contribution in [3.63, 3.8) is 0 Å². The molecule has 31 heavy (non-hydrogen) atoms. The summed E-state index contributed by atoms with van der Waals surface area (Å²) < 4.78 is 16.3. The molecule has 1 fully saturated rings. The van der Waals surface area contributed by atoms with E-state index in [9.17, 15) is 0 Å². The Morgan fingerprint density at radius 3 is 2.29 bits per heavy atom. The van der Waals surface area contributed by atoms with E-state index in [-0.39, 0.29) is 24.0 Å². The number of hydrogen-bond acceptors (Lipinski definition) is 5. The molecule has 7 nitrogen and oxygen atoms in total. The fourth-order valence-corrected chi connectivity index (χ4v) is 3.67. The van der Waals surface area contributed by atoms with Crippen molar-refractivity contribution in [1.29, 1.82) is 0 Å². The van der Waals surface area contributed by atoms with Gasteiger partial charge in [0.25, 0.3) is 0 Å². The Morgan fingerprint density at radius 2 is 1.68 bits per heavy atom. The first kappa shape index (κ1) is 24.9. The van der Waals surface area contributed by atoms with Gasteiger partial charge in [-0.3, -0.25) is 4.99 Å². The maximum Gasteiger partial charge on any atom is 0.191 e. The number of benzene rings is 2. The van der Waals surface area contributed by atoms with Crippen molar-refractivity contribution >= 4 is 35.6 Å². The van der Waals surface area contributed by atoms with Gasteiger partial charge in [-0.05, 0) is 31.5 Å². The second-order valence-electron chi connectivity index (χ2n) is 7.36. The Morgan fingerprint density at radius 1 is 1.03 bits per heavy atom. The molecule has 3 rings (SSSR count). The Hall–Kier alpha value is -2.36. The molecule has 0 aromatic heterocycles. The van der Waals surface area contributed by atoms with Crippen molar-refractivity contribution < 1.29 is 14.2 Å². The Labute approximate surface area is 202 Å². The van der Waals surface area contributed by atoms with Crippen molar-refractivity contribution in [3.8, 4) is 17.2 Å². The minimum Gasteiger partial charge on any atom is -0.496 e. The lowest BCUT2D eigenvalue weighted by Crippen LogP contribution is -2.44. The van der Waals surface area contributed by atoms with Crippen molar-refractivity contribution in [2.75, 3.05) is 46.4 Å². The molecule has 8 heteroatoms. The van der Waals surface area contributed by atoms with Gasteiger partial charge in [-0.25, -0.2) is 0 Å². The Balaban J connectivity index is 0.00000341. The highest BCUT2D eigenvalue weighted by molar-refractivity contribution is 14.0. The first-order valence-electron chi connectivity index (χ1n) is 10.2. The predicted octanol–water partition coefficient (Wildman–Crippen LogP) is 3.58. The topological polar surface area (TPSA) is 67.4 Å². The summed E-state index contributed by atoms with van der Waals surface area (Å²) >= 11 is 0. The summed E-state index contributed by atoms with van der Waals surface area (Å²) in [5.41, 5.74) is 3.51. The zero-order valence-electron chi connectivity index (χ0n) is 18.9. The molecule has 0 aliphatic carbocycles. The number of aliphatic imine (C=N–C) groups is 1. The lowest BCUT2D eigenvalue weighted by atomic mass is 10.1. The zero-order chi connectivity index (χ0) is 21.5. The van der Waals surface area contributed by atoms with Crippen molar-refractivity contribution in [1.82, 2.24) is 10.6 Å². The van der Waals surface area contributed by atoms with Crippen LogP contribution in [-0.4, -0.2) is 53.5 Å². The summed E-state index contributed by atoms with van der Waals surface area (Å²) in [6.07, 6.45) is 1.06. The van der Waals surface area contributed by atoms with Gasteiger partial charge in [-0.1, -0.05) is 17.7 Å². The van der Waals surface area contributed by atoms with Gasteiger partial charge in [0.1, 0.15) is 5.75 Å². The van der Waals surface area contributed by atoms with Crippen LogP contribution < -0.4 is 29.7 Å². The van der Waals surface area contributed by atoms with Crippen molar-refractivity contribution in [3.05, 3.63) is 47.5 Å². The Kier molecular flexibility index (Phi) is 9.54. The maximum absolute atomic E-state index is 5.52. The third-order valence-corrected chi connectivity index (χ3v) is 5.38. The van der Waals surface area contributed by atoms with Crippen molar-refractivity contribution in [2.24, 2.45) is 4.99 Å². The number of rotatable bonds is 7. The number of nitrogens with zero attached hydrogens (tertiary/aromatic N) is 2. The van der Waals surface area contributed by atoms with Crippen LogP contribution in [-0.2, 0) is 6.54 Å². The van der Waals surface area contributed by atoms with Gasteiger partial charge in [0.15, 0.2) is 17.5 Å². The maximum atomic E-state index is 5.52. The molecule has 1 aliphatic heterocycles. The van der Waals surface area contributed by atoms with E-state index in [4.69, 9.17) is 14.2 Å². The highest BCUT2D eigenvalue weighted by Crippen LogP contribution is 2.34. The Bertz CT molecular complexity index is 874. The van der Waals surface area contributed by atoms with E-state index in [0.29, 0.717) is 24.1 Å². The molecule has 1 atom stereocenters. The van der Waals surface area contributed by atoms with E-state index in [1.54, 1.807) is 28.4 Å². The SMILES string of the molecule is CN=C(NCc1cc(OC)c(OC)cc1OC)NC1CCN(c2ccc(C)cc2)C1.I. The number of nitrogens with one attached hydrogen (secondary N) is 2. The standard InChI is InChI=1S/C23H32N4O3.HI/c1-16-6-8-19(9-7-16)27-11-10-18(15-27)26-23(24-2)25-14-17-12-21(29-4)22(30-5)13-20(17)28-3;/h6-9,12-13,18H,10-11,14-15H2,1-5H3,(H2,24,25,26);1H. The monoisotopic (exact) mass is 540 g/mol. The minimum atomic E-state index is 0. The lowest BCUT2D eigenvalue weighted by Gasteiger charge is -2.21. The van der Waals surface area contributed by atoms with Crippen LogP contribution in [0.25, 0.3) is 0 Å². The highest BCUT2D eigenvalue weighted by atomic mass is 127. The van der Waals surface area contributed by atoms with E-state index in [0.717, 1.165) is 36.8 Å². The number of ether oxygens (including phenoxy) is 3. The summed E-state index contributed by atoms with van der Waals surface area (Å²) in [6.45, 7) is 4.64. The molecule has 2 aromatic carbocycles. The number of aryl methyl sites for hydroxylation is 1. The molecule has 2 N–H and O–H groups in total. The van der Waals surface area contributed by atoms with E-state index in [1.807, 2.05) is 12.1 Å². The second kappa shape index (κ2) is 11.9. The molecule has 170 valence electrons. The average Bonchev–Trinajstić information content (AvgIpc) is 3.24. The molecule has 0 saturated carbocycles. The molecular weight excluding hydrogens is 507 g/mol. The van der Waals surface area contributed by atoms with Gasteiger partial charge < -0.3 is 29.7 Å². The quantitative estimate of drug-likeness (QED) is 0.318. The molecule has 2 aromatic rings. The molecule has 1 heterocycles.